The van der Waals surface area contributed by atoms with Gasteiger partial charge in [0.15, 0.2) is 5.96 Å². The van der Waals surface area contributed by atoms with E-state index in [2.05, 4.69) is 76.4 Å². The maximum atomic E-state index is 4.67. The lowest BCUT2D eigenvalue weighted by atomic mass is 10.2. The van der Waals surface area contributed by atoms with Crippen LogP contribution < -0.4 is 5.32 Å². The van der Waals surface area contributed by atoms with E-state index >= 15 is 0 Å². The molecular formula is C17H27N5S. The fourth-order valence-electron chi connectivity index (χ4n) is 2.37. The maximum Gasteiger partial charge on any atom is 0.193 e. The third-order valence-corrected chi connectivity index (χ3v) is 4.95. The Morgan fingerprint density at radius 1 is 1.48 bits per heavy atom. The summed E-state index contributed by atoms with van der Waals surface area (Å²) in [7, 11) is 5.94. The molecule has 2 aromatic rings. The van der Waals surface area contributed by atoms with Crippen LogP contribution in [0.1, 0.15) is 36.2 Å². The molecule has 5 nitrogen and oxygen atoms in total. The molecule has 0 spiro atoms. The van der Waals surface area contributed by atoms with Crippen LogP contribution in [-0.4, -0.2) is 41.1 Å². The fraction of sp³-hybridized carbons (Fsp3) is 0.529. The third-order valence-electron chi connectivity index (χ3n) is 3.75. The van der Waals surface area contributed by atoms with Crippen LogP contribution in [0.2, 0.25) is 0 Å². The summed E-state index contributed by atoms with van der Waals surface area (Å²) < 4.78 is 2.13. The Morgan fingerprint density at radius 3 is 2.83 bits per heavy atom. The summed E-state index contributed by atoms with van der Waals surface area (Å²) in [6.07, 6.45) is 2.98. The van der Waals surface area contributed by atoms with E-state index in [1.165, 1.54) is 10.7 Å². The predicted octanol–water partition coefficient (Wildman–Crippen LogP) is 2.85. The van der Waals surface area contributed by atoms with Crippen molar-refractivity contribution in [3.8, 4) is 0 Å². The van der Waals surface area contributed by atoms with Crippen molar-refractivity contribution in [2.24, 2.45) is 12.0 Å². The minimum atomic E-state index is 0.505. The zero-order valence-corrected chi connectivity index (χ0v) is 15.5. The van der Waals surface area contributed by atoms with Gasteiger partial charge in [0.05, 0.1) is 17.2 Å². The number of hydrogen-bond donors (Lipinski definition) is 1. The molecule has 1 N–H and O–H groups in total. The van der Waals surface area contributed by atoms with E-state index in [9.17, 15) is 0 Å². The van der Waals surface area contributed by atoms with Gasteiger partial charge in [-0.1, -0.05) is 13.8 Å². The van der Waals surface area contributed by atoms with Gasteiger partial charge in [-0.15, -0.1) is 11.3 Å². The summed E-state index contributed by atoms with van der Waals surface area (Å²) in [5.41, 5.74) is 2.42. The van der Waals surface area contributed by atoms with Crippen molar-refractivity contribution in [3.05, 3.63) is 40.1 Å². The van der Waals surface area contributed by atoms with E-state index in [4.69, 9.17) is 0 Å². The second kappa shape index (κ2) is 8.15. The lowest BCUT2D eigenvalue weighted by Gasteiger charge is -2.22. The molecule has 0 amide bonds. The van der Waals surface area contributed by atoms with Gasteiger partial charge in [-0.25, -0.2) is 4.98 Å². The Hall–Kier alpha value is -1.82. The van der Waals surface area contributed by atoms with Crippen molar-refractivity contribution in [1.82, 2.24) is 19.8 Å². The van der Waals surface area contributed by atoms with Crippen molar-refractivity contribution in [2.75, 3.05) is 20.6 Å². The van der Waals surface area contributed by atoms with Crippen molar-refractivity contribution in [1.29, 1.82) is 0 Å². The molecule has 0 aliphatic rings. The molecule has 0 bridgehead atoms. The average Bonchev–Trinajstić information content (AvgIpc) is 3.13. The van der Waals surface area contributed by atoms with Crippen molar-refractivity contribution in [2.45, 2.75) is 32.7 Å². The van der Waals surface area contributed by atoms with Gasteiger partial charge in [-0.2, -0.15) is 0 Å². The highest BCUT2D eigenvalue weighted by molar-refractivity contribution is 7.09. The molecule has 0 unspecified atom stereocenters. The average molecular weight is 334 g/mol. The standard InChI is InChI=1S/C17H27N5S/c1-13(2)16-20-14(12-23-16)8-9-19-17(18-3)22(5)11-15-7-6-10-21(15)4/h6-7,10,12-13H,8-9,11H2,1-5H3,(H,18,19). The summed E-state index contributed by atoms with van der Waals surface area (Å²) >= 11 is 1.75. The molecule has 2 rings (SSSR count). The highest BCUT2D eigenvalue weighted by atomic mass is 32.1. The number of thiazole rings is 1. The number of aliphatic imine (C=N–C) groups is 1. The molecule has 23 heavy (non-hydrogen) atoms. The zero-order chi connectivity index (χ0) is 16.8. The highest BCUT2D eigenvalue weighted by Gasteiger charge is 2.09. The van der Waals surface area contributed by atoms with E-state index in [0.717, 1.165) is 31.2 Å². The summed E-state index contributed by atoms with van der Waals surface area (Å²) in [6, 6.07) is 4.19. The molecule has 2 aromatic heterocycles. The van der Waals surface area contributed by atoms with E-state index in [1.807, 2.05) is 7.05 Å². The van der Waals surface area contributed by atoms with E-state index in [1.54, 1.807) is 11.3 Å². The Bertz CT molecular complexity index is 641. The van der Waals surface area contributed by atoms with Gasteiger partial charge in [0.2, 0.25) is 0 Å². The monoisotopic (exact) mass is 333 g/mol. The smallest absolute Gasteiger partial charge is 0.193 e. The van der Waals surface area contributed by atoms with E-state index in [-0.39, 0.29) is 0 Å². The number of rotatable bonds is 6. The Kier molecular flexibility index (Phi) is 6.21. The van der Waals surface area contributed by atoms with Gasteiger partial charge in [0, 0.05) is 57.3 Å². The molecular weight excluding hydrogens is 306 g/mol. The Labute approximate surface area is 143 Å². The van der Waals surface area contributed by atoms with Gasteiger partial charge in [-0.3, -0.25) is 4.99 Å². The van der Waals surface area contributed by atoms with Gasteiger partial charge >= 0.3 is 0 Å². The molecule has 0 atom stereocenters. The van der Waals surface area contributed by atoms with Crippen molar-refractivity contribution in [3.63, 3.8) is 0 Å². The maximum absolute atomic E-state index is 4.67. The summed E-state index contributed by atoms with van der Waals surface area (Å²) in [5.74, 6) is 1.41. The van der Waals surface area contributed by atoms with E-state index < -0.39 is 0 Å². The van der Waals surface area contributed by atoms with Crippen molar-refractivity contribution >= 4 is 17.3 Å². The number of nitrogens with one attached hydrogen (secondary N) is 1. The Morgan fingerprint density at radius 2 is 2.26 bits per heavy atom. The summed E-state index contributed by atoms with van der Waals surface area (Å²) in [5, 5.41) is 6.79. The first-order chi connectivity index (χ1) is 11.0. The van der Waals surface area contributed by atoms with Gasteiger partial charge in [0.1, 0.15) is 0 Å². The number of nitrogens with zero attached hydrogens (tertiary/aromatic N) is 4. The molecule has 2 heterocycles. The van der Waals surface area contributed by atoms with Crippen LogP contribution in [0.3, 0.4) is 0 Å². The molecule has 0 aliphatic heterocycles. The largest absolute Gasteiger partial charge is 0.356 e. The molecule has 0 aromatic carbocycles. The normalized spacial score (nSPS) is 12.0. The second-order valence-electron chi connectivity index (χ2n) is 6.02. The van der Waals surface area contributed by atoms with Gasteiger partial charge in [-0.05, 0) is 12.1 Å². The molecule has 0 radical (unpaired) electrons. The topological polar surface area (TPSA) is 45.5 Å². The summed E-state index contributed by atoms with van der Waals surface area (Å²) in [4.78, 5) is 11.2. The van der Waals surface area contributed by atoms with Crippen molar-refractivity contribution < 1.29 is 0 Å². The lowest BCUT2D eigenvalue weighted by Crippen LogP contribution is -2.39. The predicted molar refractivity (Wildman–Crippen MR) is 98.1 cm³/mol. The summed E-state index contributed by atoms with van der Waals surface area (Å²) in [6.45, 7) is 6.03. The van der Waals surface area contributed by atoms with E-state index in [0.29, 0.717) is 5.92 Å². The molecule has 0 saturated carbocycles. The van der Waals surface area contributed by atoms with Crippen LogP contribution in [0.15, 0.2) is 28.7 Å². The minimum Gasteiger partial charge on any atom is -0.356 e. The lowest BCUT2D eigenvalue weighted by molar-refractivity contribution is 0.462. The second-order valence-corrected chi connectivity index (χ2v) is 6.91. The quantitative estimate of drug-likeness (QED) is 0.653. The van der Waals surface area contributed by atoms with Crippen LogP contribution in [0.4, 0.5) is 0 Å². The number of guanidine groups is 1. The number of aryl methyl sites for hydroxylation is 1. The third kappa shape index (κ3) is 4.82. The SMILES string of the molecule is CN=C(NCCc1csc(C(C)C)n1)N(C)Cc1cccn1C. The number of hydrogen-bond acceptors (Lipinski definition) is 3. The fourth-order valence-corrected chi connectivity index (χ4v) is 3.24. The molecule has 0 saturated heterocycles. The molecule has 126 valence electrons. The molecule has 0 aliphatic carbocycles. The number of aromatic nitrogens is 2. The highest BCUT2D eigenvalue weighted by Crippen LogP contribution is 2.19. The van der Waals surface area contributed by atoms with Gasteiger partial charge < -0.3 is 14.8 Å². The van der Waals surface area contributed by atoms with Crippen LogP contribution in [-0.2, 0) is 20.0 Å². The van der Waals surface area contributed by atoms with Crippen LogP contribution in [0.5, 0.6) is 0 Å². The first-order valence-electron chi connectivity index (χ1n) is 7.97. The molecule has 0 fully saturated rings. The Balaban J connectivity index is 1.83. The minimum absolute atomic E-state index is 0.505. The molecule has 6 heteroatoms. The van der Waals surface area contributed by atoms with Crippen LogP contribution >= 0.6 is 11.3 Å². The van der Waals surface area contributed by atoms with Crippen LogP contribution in [0, 0.1) is 0 Å². The van der Waals surface area contributed by atoms with Crippen LogP contribution in [0.25, 0.3) is 0 Å². The first-order valence-corrected chi connectivity index (χ1v) is 8.85. The van der Waals surface area contributed by atoms with Gasteiger partial charge in [0.25, 0.3) is 0 Å². The first kappa shape index (κ1) is 17.5. The zero-order valence-electron chi connectivity index (χ0n) is 14.7.